The molecular formula is C12H25N3O. The highest BCUT2D eigenvalue weighted by atomic mass is 16.4. The van der Waals surface area contributed by atoms with Gasteiger partial charge in [0.15, 0.2) is 0 Å². The molecule has 16 heavy (non-hydrogen) atoms. The largest absolute Gasteiger partial charge is 0.409 e. The molecule has 0 unspecified atom stereocenters. The maximum atomic E-state index is 8.64. The van der Waals surface area contributed by atoms with E-state index in [9.17, 15) is 0 Å². The molecule has 94 valence electrons. The van der Waals surface area contributed by atoms with E-state index >= 15 is 0 Å². The fourth-order valence-electron chi connectivity index (χ4n) is 1.87. The van der Waals surface area contributed by atoms with Gasteiger partial charge in [-0.3, -0.25) is 0 Å². The van der Waals surface area contributed by atoms with Crippen LogP contribution in [-0.2, 0) is 0 Å². The fourth-order valence-corrected chi connectivity index (χ4v) is 1.87. The number of nitrogens with zero attached hydrogens (tertiary/aromatic N) is 1. The molecule has 0 atom stereocenters. The third kappa shape index (κ3) is 4.00. The molecule has 0 aromatic heterocycles. The first-order valence-electron chi connectivity index (χ1n) is 6.27. The van der Waals surface area contributed by atoms with Gasteiger partial charge in [-0.1, -0.05) is 31.8 Å². The summed E-state index contributed by atoms with van der Waals surface area (Å²) < 4.78 is 0. The standard InChI is InChI=1S/C12H25N3O/c1-12(2,11(13)15-16)8-3-4-9-14-10-6-5-7-10/h10,14,16H,3-9H2,1-2H3,(H2,13,15). The Morgan fingerprint density at radius 1 is 1.44 bits per heavy atom. The molecule has 0 amide bonds. The predicted octanol–water partition coefficient (Wildman–Crippen LogP) is 2.07. The Bertz CT molecular complexity index is 234. The van der Waals surface area contributed by atoms with E-state index in [-0.39, 0.29) is 5.41 Å². The highest BCUT2D eigenvalue weighted by Crippen LogP contribution is 2.23. The summed E-state index contributed by atoms with van der Waals surface area (Å²) in [6, 6.07) is 0.775. The second-order valence-corrected chi connectivity index (χ2v) is 5.41. The highest BCUT2D eigenvalue weighted by molar-refractivity contribution is 5.85. The van der Waals surface area contributed by atoms with Crippen LogP contribution in [0, 0.1) is 5.41 Å². The molecule has 4 N–H and O–H groups in total. The van der Waals surface area contributed by atoms with Gasteiger partial charge in [0, 0.05) is 11.5 Å². The number of nitrogens with two attached hydrogens (primary N) is 1. The molecule has 4 heteroatoms. The summed E-state index contributed by atoms with van der Waals surface area (Å²) in [6.07, 6.45) is 7.32. The van der Waals surface area contributed by atoms with Gasteiger partial charge >= 0.3 is 0 Å². The summed E-state index contributed by atoms with van der Waals surface area (Å²) in [5, 5.41) is 15.3. The zero-order valence-electron chi connectivity index (χ0n) is 10.5. The topological polar surface area (TPSA) is 70.6 Å². The lowest BCUT2D eigenvalue weighted by molar-refractivity contribution is 0.303. The Labute approximate surface area is 98.3 Å². The lowest BCUT2D eigenvalue weighted by atomic mass is 9.86. The summed E-state index contributed by atoms with van der Waals surface area (Å²) in [4.78, 5) is 0. The Morgan fingerprint density at radius 2 is 2.12 bits per heavy atom. The molecular weight excluding hydrogens is 202 g/mol. The third-order valence-corrected chi connectivity index (χ3v) is 3.57. The van der Waals surface area contributed by atoms with E-state index in [1.165, 1.54) is 25.7 Å². The van der Waals surface area contributed by atoms with Gasteiger partial charge in [-0.2, -0.15) is 0 Å². The number of rotatable bonds is 7. The van der Waals surface area contributed by atoms with Crippen molar-refractivity contribution in [3.05, 3.63) is 0 Å². The molecule has 0 aliphatic heterocycles. The smallest absolute Gasteiger partial charge is 0.144 e. The second-order valence-electron chi connectivity index (χ2n) is 5.41. The summed E-state index contributed by atoms with van der Waals surface area (Å²) in [6.45, 7) is 5.12. The maximum Gasteiger partial charge on any atom is 0.144 e. The van der Waals surface area contributed by atoms with Gasteiger partial charge in [0.1, 0.15) is 5.84 Å². The van der Waals surface area contributed by atoms with Gasteiger partial charge in [-0.05, 0) is 32.2 Å². The molecule has 1 rings (SSSR count). The molecule has 0 heterocycles. The Balaban J connectivity index is 2.05. The first-order chi connectivity index (χ1) is 7.56. The number of hydrogen-bond donors (Lipinski definition) is 3. The van der Waals surface area contributed by atoms with Crippen LogP contribution in [0.1, 0.15) is 52.4 Å². The van der Waals surface area contributed by atoms with Crippen molar-refractivity contribution in [1.82, 2.24) is 5.32 Å². The van der Waals surface area contributed by atoms with Crippen molar-refractivity contribution in [3.8, 4) is 0 Å². The van der Waals surface area contributed by atoms with E-state index in [1.54, 1.807) is 0 Å². The van der Waals surface area contributed by atoms with Crippen LogP contribution < -0.4 is 11.1 Å². The number of oxime groups is 1. The minimum absolute atomic E-state index is 0.189. The Hall–Kier alpha value is -0.770. The van der Waals surface area contributed by atoms with Gasteiger partial charge < -0.3 is 16.3 Å². The molecule has 1 aliphatic rings. The van der Waals surface area contributed by atoms with Crippen LogP contribution >= 0.6 is 0 Å². The average Bonchev–Trinajstić information content (AvgIpc) is 2.19. The quantitative estimate of drug-likeness (QED) is 0.205. The second kappa shape index (κ2) is 6.09. The zero-order valence-corrected chi connectivity index (χ0v) is 10.5. The van der Waals surface area contributed by atoms with Crippen molar-refractivity contribution in [2.75, 3.05) is 6.54 Å². The molecule has 1 saturated carbocycles. The van der Waals surface area contributed by atoms with Gasteiger partial charge in [0.05, 0.1) is 0 Å². The van der Waals surface area contributed by atoms with Crippen molar-refractivity contribution in [1.29, 1.82) is 0 Å². The molecule has 0 aromatic rings. The minimum atomic E-state index is -0.189. The van der Waals surface area contributed by atoms with Crippen LogP contribution in [0.5, 0.6) is 0 Å². The van der Waals surface area contributed by atoms with Crippen molar-refractivity contribution in [2.24, 2.45) is 16.3 Å². The van der Waals surface area contributed by atoms with E-state index in [4.69, 9.17) is 10.9 Å². The van der Waals surface area contributed by atoms with Crippen molar-refractivity contribution < 1.29 is 5.21 Å². The lowest BCUT2D eigenvalue weighted by Gasteiger charge is -2.27. The van der Waals surface area contributed by atoms with Crippen LogP contribution in [0.25, 0.3) is 0 Å². The monoisotopic (exact) mass is 227 g/mol. The third-order valence-electron chi connectivity index (χ3n) is 3.57. The molecule has 4 nitrogen and oxygen atoms in total. The van der Waals surface area contributed by atoms with E-state index in [2.05, 4.69) is 10.5 Å². The normalized spacial score (nSPS) is 18.5. The van der Waals surface area contributed by atoms with Crippen LogP contribution in [0.2, 0.25) is 0 Å². The molecule has 0 spiro atoms. The minimum Gasteiger partial charge on any atom is -0.409 e. The van der Waals surface area contributed by atoms with Crippen molar-refractivity contribution >= 4 is 5.84 Å². The molecule has 0 aromatic carbocycles. The van der Waals surface area contributed by atoms with Crippen LogP contribution in [0.3, 0.4) is 0 Å². The predicted molar refractivity (Wildman–Crippen MR) is 66.7 cm³/mol. The zero-order chi connectivity index (χ0) is 12.0. The van der Waals surface area contributed by atoms with E-state index in [1.807, 2.05) is 13.8 Å². The molecule has 0 bridgehead atoms. The lowest BCUT2D eigenvalue weighted by Crippen LogP contribution is -2.36. The van der Waals surface area contributed by atoms with Crippen molar-refractivity contribution in [2.45, 2.75) is 58.4 Å². The van der Waals surface area contributed by atoms with Gasteiger partial charge in [0.25, 0.3) is 0 Å². The maximum absolute atomic E-state index is 8.64. The van der Waals surface area contributed by atoms with Crippen LogP contribution in [0.15, 0.2) is 5.16 Å². The molecule has 0 saturated heterocycles. The summed E-state index contributed by atoms with van der Waals surface area (Å²) in [5.74, 6) is 0.333. The number of amidine groups is 1. The van der Waals surface area contributed by atoms with Gasteiger partial charge in [-0.25, -0.2) is 0 Å². The number of nitrogens with one attached hydrogen (secondary N) is 1. The van der Waals surface area contributed by atoms with E-state index in [0.29, 0.717) is 5.84 Å². The first-order valence-corrected chi connectivity index (χ1v) is 6.27. The van der Waals surface area contributed by atoms with E-state index in [0.717, 1.165) is 25.4 Å². The fraction of sp³-hybridized carbons (Fsp3) is 0.917. The van der Waals surface area contributed by atoms with E-state index < -0.39 is 0 Å². The molecule has 1 fully saturated rings. The van der Waals surface area contributed by atoms with Crippen molar-refractivity contribution in [3.63, 3.8) is 0 Å². The Kier molecular flexibility index (Phi) is 5.06. The van der Waals surface area contributed by atoms with Gasteiger partial charge in [-0.15, -0.1) is 0 Å². The SMILES string of the molecule is CC(C)(CCCCNC1CCC1)C(N)=NO. The first kappa shape index (κ1) is 13.3. The van der Waals surface area contributed by atoms with Crippen LogP contribution in [-0.4, -0.2) is 23.6 Å². The average molecular weight is 227 g/mol. The molecule has 1 aliphatic carbocycles. The highest BCUT2D eigenvalue weighted by Gasteiger charge is 2.22. The molecule has 0 radical (unpaired) electrons. The summed E-state index contributed by atoms with van der Waals surface area (Å²) in [7, 11) is 0. The summed E-state index contributed by atoms with van der Waals surface area (Å²) >= 11 is 0. The number of hydrogen-bond acceptors (Lipinski definition) is 3. The van der Waals surface area contributed by atoms with Crippen LogP contribution in [0.4, 0.5) is 0 Å². The number of unbranched alkanes of at least 4 members (excludes halogenated alkanes) is 1. The summed E-state index contributed by atoms with van der Waals surface area (Å²) in [5.41, 5.74) is 5.44. The van der Waals surface area contributed by atoms with Gasteiger partial charge in [0.2, 0.25) is 0 Å². The Morgan fingerprint density at radius 3 is 2.62 bits per heavy atom.